The molecule has 7 aromatic carbocycles. The number of hydrogen-bond donors (Lipinski definition) is 0. The maximum Gasteiger partial charge on any atom is 0.0708 e. The van der Waals surface area contributed by atoms with E-state index in [-0.39, 0.29) is 0 Å². The largest absolute Gasteiger partial charge is 0.309 e. The predicted molar refractivity (Wildman–Crippen MR) is 228 cm³/mol. The predicted octanol–water partition coefficient (Wildman–Crippen LogP) is 13.5. The molecule has 0 N–H and O–H groups in total. The number of aryl methyl sites for hydroxylation is 4. The fourth-order valence-electron chi connectivity index (χ4n) is 8.52. The average molecular weight is 694 g/mol. The molecule has 3 aromatic heterocycles. The lowest BCUT2D eigenvalue weighted by Gasteiger charge is -2.17. The zero-order chi connectivity index (χ0) is 36.5. The molecule has 0 amide bonds. The van der Waals surface area contributed by atoms with Gasteiger partial charge in [-0.2, -0.15) is 0 Å². The molecule has 0 bridgehead atoms. The van der Waals surface area contributed by atoms with Crippen LogP contribution in [0.4, 0.5) is 0 Å². The van der Waals surface area contributed by atoms with Crippen molar-refractivity contribution in [3.05, 3.63) is 186 Å². The van der Waals surface area contributed by atoms with Crippen LogP contribution in [-0.2, 0) is 0 Å². The van der Waals surface area contributed by atoms with Gasteiger partial charge in [0.1, 0.15) is 0 Å². The van der Waals surface area contributed by atoms with Crippen LogP contribution in [0.15, 0.2) is 164 Å². The van der Waals surface area contributed by atoms with Crippen LogP contribution < -0.4 is 0 Å². The van der Waals surface area contributed by atoms with Crippen molar-refractivity contribution in [3.8, 4) is 44.9 Å². The molecule has 3 nitrogen and oxygen atoms in total. The molecule has 0 spiro atoms. The minimum Gasteiger partial charge on any atom is -0.309 e. The summed E-state index contributed by atoms with van der Waals surface area (Å²) in [5.41, 5.74) is 19.0. The molecular weight excluding hydrogens is 655 g/mol. The van der Waals surface area contributed by atoms with Crippen LogP contribution >= 0.6 is 0 Å². The van der Waals surface area contributed by atoms with E-state index in [4.69, 9.17) is 4.98 Å². The third kappa shape index (κ3) is 5.00. The molecular formula is C51H39N3. The van der Waals surface area contributed by atoms with Crippen molar-refractivity contribution in [2.75, 3.05) is 0 Å². The first-order chi connectivity index (χ1) is 26.4. The first kappa shape index (κ1) is 32.0. The molecule has 54 heavy (non-hydrogen) atoms. The second-order valence-electron chi connectivity index (χ2n) is 14.7. The summed E-state index contributed by atoms with van der Waals surface area (Å²) in [6.07, 6.45) is 2.03. The molecule has 0 saturated carbocycles. The number of aromatic nitrogens is 3. The van der Waals surface area contributed by atoms with Crippen molar-refractivity contribution in [3.63, 3.8) is 0 Å². The summed E-state index contributed by atoms with van der Waals surface area (Å²) >= 11 is 0. The van der Waals surface area contributed by atoms with Crippen molar-refractivity contribution in [1.29, 1.82) is 0 Å². The van der Waals surface area contributed by atoms with Gasteiger partial charge < -0.3 is 9.13 Å². The summed E-state index contributed by atoms with van der Waals surface area (Å²) in [6.45, 7) is 8.81. The minimum absolute atomic E-state index is 0.967. The first-order valence-electron chi connectivity index (χ1n) is 18.7. The van der Waals surface area contributed by atoms with Gasteiger partial charge in [-0.3, -0.25) is 4.98 Å². The van der Waals surface area contributed by atoms with E-state index in [0.29, 0.717) is 0 Å². The molecule has 0 fully saturated rings. The molecule has 10 rings (SSSR count). The van der Waals surface area contributed by atoms with Crippen LogP contribution in [-0.4, -0.2) is 14.1 Å². The Morgan fingerprint density at radius 2 is 0.722 bits per heavy atom. The highest BCUT2D eigenvalue weighted by Crippen LogP contribution is 2.39. The molecule has 10 aromatic rings. The quantitative estimate of drug-likeness (QED) is 0.176. The monoisotopic (exact) mass is 693 g/mol. The molecule has 0 unspecified atom stereocenters. The number of benzene rings is 7. The van der Waals surface area contributed by atoms with E-state index in [1.54, 1.807) is 0 Å². The van der Waals surface area contributed by atoms with Crippen LogP contribution in [0.2, 0.25) is 0 Å². The lowest BCUT2D eigenvalue weighted by atomic mass is 9.92. The summed E-state index contributed by atoms with van der Waals surface area (Å²) in [4.78, 5) is 5.02. The van der Waals surface area contributed by atoms with Crippen LogP contribution in [0.1, 0.15) is 22.3 Å². The van der Waals surface area contributed by atoms with Crippen molar-refractivity contribution in [2.45, 2.75) is 27.7 Å². The Morgan fingerprint density at radius 1 is 0.352 bits per heavy atom. The number of hydrogen-bond acceptors (Lipinski definition) is 1. The van der Waals surface area contributed by atoms with Crippen LogP contribution in [0.25, 0.3) is 88.5 Å². The highest BCUT2D eigenvalue weighted by molar-refractivity contribution is 6.10. The number of fused-ring (bicyclic) bond motifs is 6. The summed E-state index contributed by atoms with van der Waals surface area (Å²) in [7, 11) is 0. The Labute approximate surface area is 315 Å². The van der Waals surface area contributed by atoms with E-state index in [1.807, 2.05) is 6.20 Å². The molecule has 3 heteroatoms. The SMILES string of the molecule is Cc1ccc(-c2cc(-c3cc(-n4c5ccccc5c5ccccc54)ccc3C)c(C)cn2)cc1-c1cc(-n2c3ccccc3c3ccccc32)ccc1C. The van der Waals surface area contributed by atoms with Gasteiger partial charge in [-0.1, -0.05) is 97.1 Å². The standard InChI is InChI=1S/C51H39N3/c1-32-21-24-36(27-43(32)44-28-37(25-22-33(44)2)53-48-17-9-5-13-39(48)40-14-6-10-18-49(40)53)47-30-46(35(4)31-52-47)45-29-38(26-23-34(45)3)54-50-19-11-7-15-41(50)42-16-8-12-20-51(42)54/h5-31H,1-4H3. The fourth-order valence-corrected chi connectivity index (χ4v) is 8.52. The number of nitrogens with zero attached hydrogens (tertiary/aromatic N) is 3. The number of para-hydroxylation sites is 4. The van der Waals surface area contributed by atoms with Gasteiger partial charge in [-0.15, -0.1) is 0 Å². The Morgan fingerprint density at radius 3 is 1.17 bits per heavy atom. The molecule has 0 radical (unpaired) electrons. The van der Waals surface area contributed by atoms with Gasteiger partial charge in [0, 0.05) is 44.7 Å². The molecule has 0 atom stereocenters. The highest BCUT2D eigenvalue weighted by Gasteiger charge is 2.17. The van der Waals surface area contributed by atoms with Crippen LogP contribution in [0, 0.1) is 27.7 Å². The van der Waals surface area contributed by atoms with Crippen LogP contribution in [0.3, 0.4) is 0 Å². The third-order valence-electron chi connectivity index (χ3n) is 11.3. The molecule has 0 saturated heterocycles. The highest BCUT2D eigenvalue weighted by atomic mass is 15.0. The molecule has 258 valence electrons. The zero-order valence-electron chi connectivity index (χ0n) is 30.9. The Hall–Kier alpha value is -6.71. The second kappa shape index (κ2) is 12.5. The minimum atomic E-state index is 0.967. The second-order valence-corrected chi connectivity index (χ2v) is 14.7. The van der Waals surface area contributed by atoms with Gasteiger partial charge >= 0.3 is 0 Å². The molecule has 3 heterocycles. The van der Waals surface area contributed by atoms with E-state index < -0.39 is 0 Å². The van der Waals surface area contributed by atoms with Crippen molar-refractivity contribution < 1.29 is 0 Å². The Balaban J connectivity index is 1.09. The molecule has 0 aliphatic carbocycles. The lowest BCUT2D eigenvalue weighted by Crippen LogP contribution is -1.98. The zero-order valence-corrected chi connectivity index (χ0v) is 30.9. The van der Waals surface area contributed by atoms with E-state index in [1.165, 1.54) is 82.6 Å². The summed E-state index contributed by atoms with van der Waals surface area (Å²) in [5, 5.41) is 5.07. The van der Waals surface area contributed by atoms with Crippen LogP contribution in [0.5, 0.6) is 0 Å². The maximum atomic E-state index is 5.02. The Bertz CT molecular complexity index is 2780. The molecule has 0 aliphatic rings. The van der Waals surface area contributed by atoms with Gasteiger partial charge in [-0.25, -0.2) is 0 Å². The molecule has 0 aliphatic heterocycles. The fraction of sp³-hybridized carbons (Fsp3) is 0.0784. The maximum absolute atomic E-state index is 5.02. The third-order valence-corrected chi connectivity index (χ3v) is 11.3. The van der Waals surface area contributed by atoms with Gasteiger partial charge in [0.05, 0.1) is 27.8 Å². The van der Waals surface area contributed by atoms with Crippen molar-refractivity contribution in [2.24, 2.45) is 0 Å². The van der Waals surface area contributed by atoms with E-state index in [2.05, 4.69) is 195 Å². The van der Waals surface area contributed by atoms with Crippen molar-refractivity contribution >= 4 is 43.6 Å². The average Bonchev–Trinajstić information content (AvgIpc) is 3.72. The normalized spacial score (nSPS) is 11.7. The van der Waals surface area contributed by atoms with Gasteiger partial charge in [0.25, 0.3) is 0 Å². The van der Waals surface area contributed by atoms with Gasteiger partial charge in [0.2, 0.25) is 0 Å². The number of rotatable bonds is 5. The van der Waals surface area contributed by atoms with Crippen molar-refractivity contribution in [1.82, 2.24) is 14.1 Å². The smallest absolute Gasteiger partial charge is 0.0708 e. The topological polar surface area (TPSA) is 22.8 Å². The summed E-state index contributed by atoms with van der Waals surface area (Å²) in [6, 6.07) is 57.6. The lowest BCUT2D eigenvalue weighted by molar-refractivity contribution is 1.17. The van der Waals surface area contributed by atoms with E-state index >= 15 is 0 Å². The first-order valence-corrected chi connectivity index (χ1v) is 18.7. The summed E-state index contributed by atoms with van der Waals surface area (Å²) in [5.74, 6) is 0. The van der Waals surface area contributed by atoms with Gasteiger partial charge in [0.15, 0.2) is 0 Å². The summed E-state index contributed by atoms with van der Waals surface area (Å²) < 4.78 is 4.80. The van der Waals surface area contributed by atoms with E-state index in [0.717, 1.165) is 28.2 Å². The van der Waals surface area contributed by atoms with E-state index in [9.17, 15) is 0 Å². The number of pyridine rings is 1. The Kier molecular flexibility index (Phi) is 7.38. The van der Waals surface area contributed by atoms with Gasteiger partial charge in [-0.05, 0) is 133 Å².